The lowest BCUT2D eigenvalue weighted by Gasteiger charge is -2.33. The maximum absolute atomic E-state index is 12.3. The number of carbonyl (C=O) groups excluding carboxylic acids is 1. The lowest BCUT2D eigenvalue weighted by molar-refractivity contribution is -0.154. The Kier molecular flexibility index (Phi) is 5.48. The lowest BCUT2D eigenvalue weighted by atomic mass is 9.80. The van der Waals surface area contributed by atoms with Gasteiger partial charge in [0.05, 0.1) is 11.6 Å². The number of aliphatic carboxylic acids is 1. The van der Waals surface area contributed by atoms with E-state index >= 15 is 0 Å². The quantitative estimate of drug-likeness (QED) is 0.825. The predicted octanol–water partition coefficient (Wildman–Crippen LogP) is 2.49. The van der Waals surface area contributed by atoms with E-state index in [1.54, 1.807) is 48.8 Å². The van der Waals surface area contributed by atoms with Crippen LogP contribution in [0.3, 0.4) is 0 Å². The first-order valence-electron chi connectivity index (χ1n) is 8.36. The molecule has 7 heteroatoms. The van der Waals surface area contributed by atoms with Crippen molar-refractivity contribution in [2.75, 3.05) is 19.8 Å². The SMILES string of the molecule is O=C(NCC1(C(=O)O)CCOCC1)c1ccc(Oc2cccnc2)cc1. The molecular weight excluding hydrogens is 336 g/mol. The predicted molar refractivity (Wildman–Crippen MR) is 93.2 cm³/mol. The normalized spacial score (nSPS) is 15.8. The number of carboxylic acids is 1. The number of ether oxygens (including phenoxy) is 2. The van der Waals surface area contributed by atoms with Crippen molar-refractivity contribution in [2.24, 2.45) is 5.41 Å². The fourth-order valence-corrected chi connectivity index (χ4v) is 2.80. The average Bonchev–Trinajstić information content (AvgIpc) is 2.68. The van der Waals surface area contributed by atoms with Crippen molar-refractivity contribution in [3.05, 3.63) is 54.4 Å². The molecule has 1 aromatic carbocycles. The van der Waals surface area contributed by atoms with Crippen molar-refractivity contribution in [3.63, 3.8) is 0 Å². The molecule has 1 aliphatic heterocycles. The fourth-order valence-electron chi connectivity index (χ4n) is 2.80. The van der Waals surface area contributed by atoms with E-state index < -0.39 is 11.4 Å². The van der Waals surface area contributed by atoms with Crippen molar-refractivity contribution < 1.29 is 24.2 Å². The van der Waals surface area contributed by atoms with Gasteiger partial charge in [-0.2, -0.15) is 0 Å². The van der Waals surface area contributed by atoms with Gasteiger partial charge in [-0.3, -0.25) is 14.6 Å². The van der Waals surface area contributed by atoms with Crippen molar-refractivity contribution in [3.8, 4) is 11.5 Å². The Bertz CT molecular complexity index is 755. The summed E-state index contributed by atoms with van der Waals surface area (Å²) in [6.45, 7) is 0.865. The van der Waals surface area contributed by atoms with Crippen LogP contribution < -0.4 is 10.1 Å². The van der Waals surface area contributed by atoms with Gasteiger partial charge in [0.1, 0.15) is 11.5 Å². The van der Waals surface area contributed by atoms with Gasteiger partial charge in [-0.1, -0.05) is 0 Å². The van der Waals surface area contributed by atoms with Crippen molar-refractivity contribution in [1.29, 1.82) is 0 Å². The van der Waals surface area contributed by atoms with Gasteiger partial charge < -0.3 is 19.9 Å². The molecule has 0 bridgehead atoms. The lowest BCUT2D eigenvalue weighted by Crippen LogP contribution is -2.46. The molecule has 0 unspecified atom stereocenters. The summed E-state index contributed by atoms with van der Waals surface area (Å²) in [6, 6.07) is 10.2. The minimum absolute atomic E-state index is 0.0818. The summed E-state index contributed by atoms with van der Waals surface area (Å²) in [6.07, 6.45) is 4.03. The molecule has 0 atom stereocenters. The molecule has 0 spiro atoms. The average molecular weight is 356 g/mol. The summed E-state index contributed by atoms with van der Waals surface area (Å²) in [5.74, 6) is -0.0278. The van der Waals surface area contributed by atoms with Crippen LogP contribution in [0.2, 0.25) is 0 Å². The second kappa shape index (κ2) is 7.97. The molecule has 136 valence electrons. The molecule has 7 nitrogen and oxygen atoms in total. The van der Waals surface area contributed by atoms with E-state index in [1.165, 1.54) is 0 Å². The topological polar surface area (TPSA) is 97.8 Å². The molecule has 1 saturated heterocycles. The van der Waals surface area contributed by atoms with Gasteiger partial charge in [-0.15, -0.1) is 0 Å². The molecule has 0 radical (unpaired) electrons. The number of rotatable bonds is 6. The smallest absolute Gasteiger partial charge is 0.311 e. The largest absolute Gasteiger partial charge is 0.481 e. The number of carbonyl (C=O) groups is 2. The molecule has 2 aromatic rings. The Balaban J connectivity index is 1.60. The van der Waals surface area contributed by atoms with E-state index in [1.807, 2.05) is 0 Å². The van der Waals surface area contributed by atoms with Crippen LogP contribution in [-0.4, -0.2) is 41.7 Å². The zero-order valence-electron chi connectivity index (χ0n) is 14.2. The van der Waals surface area contributed by atoms with E-state index in [9.17, 15) is 14.7 Å². The first-order valence-corrected chi connectivity index (χ1v) is 8.36. The zero-order chi connectivity index (χ0) is 18.4. The van der Waals surface area contributed by atoms with Crippen LogP contribution in [0, 0.1) is 5.41 Å². The summed E-state index contributed by atoms with van der Waals surface area (Å²) < 4.78 is 10.9. The van der Waals surface area contributed by atoms with E-state index in [0.29, 0.717) is 43.1 Å². The van der Waals surface area contributed by atoms with Gasteiger partial charge >= 0.3 is 5.97 Å². The Labute approximate surface area is 151 Å². The highest BCUT2D eigenvalue weighted by molar-refractivity contribution is 5.94. The number of hydrogen-bond acceptors (Lipinski definition) is 5. The highest BCUT2D eigenvalue weighted by atomic mass is 16.5. The molecular formula is C19H20N2O5. The highest BCUT2D eigenvalue weighted by Gasteiger charge is 2.40. The third-order valence-corrected chi connectivity index (χ3v) is 4.48. The number of nitrogens with one attached hydrogen (secondary N) is 1. The van der Waals surface area contributed by atoms with Gasteiger partial charge in [-0.05, 0) is 49.2 Å². The Morgan fingerprint density at radius 1 is 1.15 bits per heavy atom. The molecule has 2 heterocycles. The monoisotopic (exact) mass is 356 g/mol. The van der Waals surface area contributed by atoms with Crippen LogP contribution in [0.15, 0.2) is 48.8 Å². The van der Waals surface area contributed by atoms with Crippen LogP contribution in [0.4, 0.5) is 0 Å². The summed E-state index contributed by atoms with van der Waals surface area (Å²) in [4.78, 5) is 27.9. The number of nitrogens with zero attached hydrogens (tertiary/aromatic N) is 1. The van der Waals surface area contributed by atoms with Crippen molar-refractivity contribution in [1.82, 2.24) is 10.3 Å². The summed E-state index contributed by atoms with van der Waals surface area (Å²) in [7, 11) is 0. The van der Waals surface area contributed by atoms with Crippen LogP contribution in [-0.2, 0) is 9.53 Å². The van der Waals surface area contributed by atoms with E-state index in [-0.39, 0.29) is 12.5 Å². The maximum Gasteiger partial charge on any atom is 0.311 e. The number of aromatic nitrogens is 1. The molecule has 26 heavy (non-hydrogen) atoms. The Morgan fingerprint density at radius 3 is 2.50 bits per heavy atom. The van der Waals surface area contributed by atoms with Crippen molar-refractivity contribution in [2.45, 2.75) is 12.8 Å². The minimum Gasteiger partial charge on any atom is -0.481 e. The summed E-state index contributed by atoms with van der Waals surface area (Å²) in [5, 5.41) is 12.3. The van der Waals surface area contributed by atoms with Crippen LogP contribution >= 0.6 is 0 Å². The molecule has 2 N–H and O–H groups in total. The first kappa shape index (κ1) is 17.9. The van der Waals surface area contributed by atoms with Gasteiger partial charge in [-0.25, -0.2) is 0 Å². The van der Waals surface area contributed by atoms with Crippen LogP contribution in [0.1, 0.15) is 23.2 Å². The van der Waals surface area contributed by atoms with Crippen LogP contribution in [0.25, 0.3) is 0 Å². The zero-order valence-corrected chi connectivity index (χ0v) is 14.2. The third kappa shape index (κ3) is 4.18. The number of benzene rings is 1. The molecule has 1 aliphatic rings. The summed E-state index contributed by atoms with van der Waals surface area (Å²) in [5.41, 5.74) is -0.520. The standard InChI is InChI=1S/C19H20N2O5/c22-17(21-13-19(18(23)24)7-10-25-11-8-19)14-3-5-15(6-4-14)26-16-2-1-9-20-12-16/h1-6,9,12H,7-8,10-11,13H2,(H,21,22)(H,23,24). The fraction of sp³-hybridized carbons (Fsp3) is 0.316. The molecule has 1 fully saturated rings. The highest BCUT2D eigenvalue weighted by Crippen LogP contribution is 2.30. The molecule has 1 aromatic heterocycles. The second-order valence-electron chi connectivity index (χ2n) is 6.20. The third-order valence-electron chi connectivity index (χ3n) is 4.48. The molecule has 0 aliphatic carbocycles. The maximum atomic E-state index is 12.3. The number of hydrogen-bond donors (Lipinski definition) is 2. The van der Waals surface area contributed by atoms with E-state index in [0.717, 1.165) is 0 Å². The van der Waals surface area contributed by atoms with Crippen molar-refractivity contribution >= 4 is 11.9 Å². The first-order chi connectivity index (χ1) is 12.6. The van der Waals surface area contributed by atoms with E-state index in [4.69, 9.17) is 9.47 Å². The molecule has 3 rings (SSSR count). The van der Waals surface area contributed by atoms with Crippen LogP contribution in [0.5, 0.6) is 11.5 Å². The van der Waals surface area contributed by atoms with Gasteiger partial charge in [0.15, 0.2) is 0 Å². The Morgan fingerprint density at radius 2 is 1.88 bits per heavy atom. The molecule has 0 saturated carbocycles. The van der Waals surface area contributed by atoms with E-state index in [2.05, 4.69) is 10.3 Å². The second-order valence-corrected chi connectivity index (χ2v) is 6.20. The minimum atomic E-state index is -0.961. The van der Waals surface area contributed by atoms with Gasteiger partial charge in [0.25, 0.3) is 5.91 Å². The van der Waals surface area contributed by atoms with Gasteiger partial charge in [0, 0.05) is 31.5 Å². The Hall–Kier alpha value is -2.93. The number of carboxylic acid groups (broad SMARTS) is 1. The number of pyridine rings is 1. The molecule has 1 amide bonds. The number of amides is 1. The van der Waals surface area contributed by atoms with Gasteiger partial charge in [0.2, 0.25) is 0 Å². The summed E-state index contributed by atoms with van der Waals surface area (Å²) >= 11 is 0.